The lowest BCUT2D eigenvalue weighted by molar-refractivity contribution is -0.119. The smallest absolute Gasteiger partial charge is 0.321 e. The van der Waals surface area contributed by atoms with E-state index in [0.717, 1.165) is 6.54 Å². The monoisotopic (exact) mass is 263 g/mol. The summed E-state index contributed by atoms with van der Waals surface area (Å²) in [6, 6.07) is -0.450. The third kappa shape index (κ3) is 7.99. The van der Waals surface area contributed by atoms with Gasteiger partial charge >= 0.3 is 6.03 Å². The Morgan fingerprint density at radius 3 is 2.29 bits per heavy atom. The van der Waals surface area contributed by atoms with Gasteiger partial charge in [0.15, 0.2) is 0 Å². The van der Waals surface area contributed by atoms with Crippen LogP contribution in [0.3, 0.4) is 0 Å². The number of rotatable bonds is 6. The zero-order valence-electron chi connectivity index (χ0n) is 10.9. The maximum atomic E-state index is 11.5. The van der Waals surface area contributed by atoms with Gasteiger partial charge in [-0.3, -0.25) is 10.1 Å². The van der Waals surface area contributed by atoms with Crippen molar-refractivity contribution in [3.05, 3.63) is 0 Å². The van der Waals surface area contributed by atoms with Crippen molar-refractivity contribution in [2.75, 3.05) is 26.5 Å². The topological polar surface area (TPSA) is 61.4 Å². The molecule has 5 nitrogen and oxygen atoms in total. The predicted octanol–water partition coefficient (Wildman–Crippen LogP) is 1.03. The number of alkyl halides is 1. The van der Waals surface area contributed by atoms with Crippen molar-refractivity contribution in [2.45, 2.75) is 26.3 Å². The van der Waals surface area contributed by atoms with Crippen LogP contribution in [-0.2, 0) is 4.79 Å². The molecule has 0 aliphatic heterocycles. The van der Waals surface area contributed by atoms with E-state index < -0.39 is 6.03 Å². The fourth-order valence-corrected chi connectivity index (χ4v) is 1.47. The van der Waals surface area contributed by atoms with Gasteiger partial charge in [-0.2, -0.15) is 0 Å². The van der Waals surface area contributed by atoms with Crippen molar-refractivity contribution in [1.82, 2.24) is 15.5 Å². The minimum atomic E-state index is -0.458. The number of nitrogens with one attached hydrogen (secondary N) is 2. The molecule has 0 aliphatic rings. The van der Waals surface area contributed by atoms with Crippen molar-refractivity contribution in [2.24, 2.45) is 5.92 Å². The fraction of sp³-hybridized carbons (Fsp3) is 0.818. The number of carbonyl (C=O) groups excluding carboxylic acids is 2. The third-order valence-corrected chi connectivity index (χ3v) is 2.45. The first kappa shape index (κ1) is 16.2. The van der Waals surface area contributed by atoms with E-state index in [2.05, 4.69) is 10.6 Å². The van der Waals surface area contributed by atoms with Crippen LogP contribution in [0.2, 0.25) is 0 Å². The van der Waals surface area contributed by atoms with Crippen LogP contribution in [0.25, 0.3) is 0 Å². The Morgan fingerprint density at radius 1 is 1.29 bits per heavy atom. The number of likely N-dealkylation sites (N-methyl/N-ethyl adjacent to an activating group) is 1. The molecule has 0 saturated carbocycles. The summed E-state index contributed by atoms with van der Waals surface area (Å²) in [5.74, 6) is 0.154. The largest absolute Gasteiger partial charge is 0.334 e. The first-order valence-electron chi connectivity index (χ1n) is 5.67. The second kappa shape index (κ2) is 8.31. The average molecular weight is 264 g/mol. The van der Waals surface area contributed by atoms with Crippen molar-refractivity contribution >= 4 is 23.5 Å². The summed E-state index contributed by atoms with van der Waals surface area (Å²) in [4.78, 5) is 24.7. The van der Waals surface area contributed by atoms with Crippen LogP contribution >= 0.6 is 11.6 Å². The molecule has 0 rings (SSSR count). The Labute approximate surface area is 108 Å². The van der Waals surface area contributed by atoms with E-state index in [1.807, 2.05) is 32.8 Å². The van der Waals surface area contributed by atoms with Crippen molar-refractivity contribution in [3.63, 3.8) is 0 Å². The number of imide groups is 1. The molecule has 0 radical (unpaired) electrons. The van der Waals surface area contributed by atoms with Gasteiger partial charge in [0.1, 0.15) is 0 Å². The maximum Gasteiger partial charge on any atom is 0.321 e. The van der Waals surface area contributed by atoms with Gasteiger partial charge in [0.25, 0.3) is 0 Å². The van der Waals surface area contributed by atoms with Crippen LogP contribution in [0.5, 0.6) is 0 Å². The molecule has 1 atom stereocenters. The van der Waals surface area contributed by atoms with E-state index in [1.54, 1.807) is 0 Å². The van der Waals surface area contributed by atoms with E-state index in [0.29, 0.717) is 5.92 Å². The van der Waals surface area contributed by atoms with Gasteiger partial charge in [0.05, 0.1) is 0 Å². The fourth-order valence-electron chi connectivity index (χ4n) is 1.30. The normalized spacial score (nSPS) is 12.6. The zero-order chi connectivity index (χ0) is 13.4. The summed E-state index contributed by atoms with van der Waals surface area (Å²) in [5, 5.41) is 5.03. The van der Waals surface area contributed by atoms with Crippen LogP contribution in [0, 0.1) is 5.92 Å². The SMILES string of the molecule is CC(C)C(CN(C)C)NC(=O)NC(=O)CCCl. The van der Waals surface area contributed by atoms with Crippen LogP contribution in [-0.4, -0.2) is 49.4 Å². The lowest BCUT2D eigenvalue weighted by atomic mass is 10.0. The molecule has 0 heterocycles. The number of hydrogen-bond donors (Lipinski definition) is 2. The summed E-state index contributed by atoms with van der Waals surface area (Å²) in [6.45, 7) is 4.78. The number of hydrogen-bond acceptors (Lipinski definition) is 3. The summed E-state index contributed by atoms with van der Waals surface area (Å²) < 4.78 is 0. The first-order chi connectivity index (χ1) is 7.86. The molecule has 2 N–H and O–H groups in total. The molecular weight excluding hydrogens is 242 g/mol. The molecule has 0 aliphatic carbocycles. The zero-order valence-corrected chi connectivity index (χ0v) is 11.7. The quantitative estimate of drug-likeness (QED) is 0.704. The van der Waals surface area contributed by atoms with Crippen molar-refractivity contribution in [3.8, 4) is 0 Å². The number of urea groups is 1. The molecule has 6 heteroatoms. The minimum Gasteiger partial charge on any atom is -0.334 e. The lowest BCUT2D eigenvalue weighted by Crippen LogP contribution is -2.50. The Hall–Kier alpha value is -0.810. The molecule has 0 aromatic heterocycles. The molecule has 3 amide bonds. The van der Waals surface area contributed by atoms with Gasteiger partial charge in [-0.1, -0.05) is 13.8 Å². The van der Waals surface area contributed by atoms with Gasteiger partial charge in [-0.05, 0) is 20.0 Å². The molecule has 0 bridgehead atoms. The molecular formula is C11H22ClN3O2. The van der Waals surface area contributed by atoms with Gasteiger partial charge in [0.2, 0.25) is 5.91 Å². The highest BCUT2D eigenvalue weighted by Crippen LogP contribution is 2.02. The van der Waals surface area contributed by atoms with E-state index in [4.69, 9.17) is 11.6 Å². The van der Waals surface area contributed by atoms with Gasteiger partial charge < -0.3 is 10.2 Å². The van der Waals surface area contributed by atoms with E-state index in [1.165, 1.54) is 0 Å². The average Bonchev–Trinajstić information content (AvgIpc) is 2.15. The standard InChI is InChI=1S/C11H22ClN3O2/c1-8(2)9(7-15(3)4)13-11(17)14-10(16)5-6-12/h8-9H,5-7H2,1-4H3,(H2,13,14,16,17). The van der Waals surface area contributed by atoms with Crippen LogP contribution in [0.4, 0.5) is 4.79 Å². The van der Waals surface area contributed by atoms with Crippen LogP contribution < -0.4 is 10.6 Å². The van der Waals surface area contributed by atoms with Gasteiger partial charge in [-0.15, -0.1) is 11.6 Å². The second-order valence-electron chi connectivity index (χ2n) is 4.57. The summed E-state index contributed by atoms with van der Waals surface area (Å²) >= 11 is 5.41. The lowest BCUT2D eigenvalue weighted by Gasteiger charge is -2.25. The highest BCUT2D eigenvalue weighted by Gasteiger charge is 2.17. The van der Waals surface area contributed by atoms with Crippen molar-refractivity contribution < 1.29 is 9.59 Å². The highest BCUT2D eigenvalue weighted by atomic mass is 35.5. The Bertz CT molecular complexity index is 257. The minimum absolute atomic E-state index is 0.00815. The van der Waals surface area contributed by atoms with Crippen LogP contribution in [0.1, 0.15) is 20.3 Å². The van der Waals surface area contributed by atoms with Crippen molar-refractivity contribution in [1.29, 1.82) is 0 Å². The number of amides is 3. The molecule has 100 valence electrons. The number of halogens is 1. The molecule has 17 heavy (non-hydrogen) atoms. The molecule has 0 saturated heterocycles. The second-order valence-corrected chi connectivity index (χ2v) is 4.95. The molecule has 0 fully saturated rings. The number of nitrogens with zero attached hydrogens (tertiary/aromatic N) is 1. The van der Waals surface area contributed by atoms with E-state index in [9.17, 15) is 9.59 Å². The molecule has 0 aromatic carbocycles. The third-order valence-electron chi connectivity index (χ3n) is 2.26. The van der Waals surface area contributed by atoms with E-state index in [-0.39, 0.29) is 24.2 Å². The Kier molecular flexibility index (Phi) is 7.91. The van der Waals surface area contributed by atoms with Crippen LogP contribution in [0.15, 0.2) is 0 Å². The summed E-state index contributed by atoms with van der Waals surface area (Å²) in [6.07, 6.45) is 0.148. The van der Waals surface area contributed by atoms with Gasteiger partial charge in [-0.25, -0.2) is 4.79 Å². The molecule has 0 spiro atoms. The summed E-state index contributed by atoms with van der Waals surface area (Å²) in [7, 11) is 3.88. The molecule has 0 aromatic rings. The first-order valence-corrected chi connectivity index (χ1v) is 6.21. The highest BCUT2D eigenvalue weighted by molar-refractivity contribution is 6.19. The maximum absolute atomic E-state index is 11.5. The van der Waals surface area contributed by atoms with E-state index >= 15 is 0 Å². The molecule has 1 unspecified atom stereocenters. The Morgan fingerprint density at radius 2 is 1.88 bits per heavy atom. The summed E-state index contributed by atoms with van der Waals surface area (Å²) in [5.41, 5.74) is 0. The Balaban J connectivity index is 4.17. The number of carbonyl (C=O) groups is 2. The van der Waals surface area contributed by atoms with Gasteiger partial charge in [0, 0.05) is 24.9 Å². The predicted molar refractivity (Wildman–Crippen MR) is 69.2 cm³/mol.